The number of fused-ring (bicyclic) bond motifs is 3. The number of hydrogen-bond donors (Lipinski definition) is 1. The highest BCUT2D eigenvalue weighted by molar-refractivity contribution is 5.98. The van der Waals surface area contributed by atoms with Crippen LogP contribution in [0.25, 0.3) is 0 Å². The maximum Gasteiger partial charge on any atom is 0.256 e. The molecule has 0 radical (unpaired) electrons. The van der Waals surface area contributed by atoms with Crippen molar-refractivity contribution in [1.29, 1.82) is 0 Å². The maximum atomic E-state index is 12.4. The van der Waals surface area contributed by atoms with E-state index in [9.17, 15) is 9.59 Å². The van der Waals surface area contributed by atoms with Crippen molar-refractivity contribution in [3.63, 3.8) is 0 Å². The van der Waals surface area contributed by atoms with E-state index in [1.807, 2.05) is 13.0 Å². The number of methoxy groups -OCH3 is 1. The summed E-state index contributed by atoms with van der Waals surface area (Å²) in [4.78, 5) is 33.3. The molecule has 2 atom stereocenters. The van der Waals surface area contributed by atoms with Gasteiger partial charge in [0.1, 0.15) is 0 Å². The van der Waals surface area contributed by atoms with E-state index >= 15 is 0 Å². The van der Waals surface area contributed by atoms with Gasteiger partial charge in [-0.05, 0) is 38.2 Å². The molecule has 1 aliphatic carbocycles. The van der Waals surface area contributed by atoms with Crippen LogP contribution in [0.3, 0.4) is 0 Å². The molecular formula is C19H26N4O3. The van der Waals surface area contributed by atoms with Gasteiger partial charge in [0, 0.05) is 31.2 Å². The smallest absolute Gasteiger partial charge is 0.256 e. The first-order valence-corrected chi connectivity index (χ1v) is 9.45. The van der Waals surface area contributed by atoms with Crippen molar-refractivity contribution in [3.05, 3.63) is 22.9 Å². The Labute approximate surface area is 153 Å². The summed E-state index contributed by atoms with van der Waals surface area (Å²) in [6.45, 7) is 4.94. The number of rotatable bonds is 6. The molecule has 0 aromatic carbocycles. The summed E-state index contributed by atoms with van der Waals surface area (Å²) in [5.74, 6) is 1.27. The SMILES string of the molecule is CCN1Cc2nc(OC)c(CNC(=O)CN3C[C@@H]4CC[C@H]3C4)cc2C1=O. The van der Waals surface area contributed by atoms with Crippen molar-refractivity contribution >= 4 is 11.8 Å². The van der Waals surface area contributed by atoms with E-state index in [2.05, 4.69) is 15.2 Å². The second-order valence-electron chi connectivity index (χ2n) is 7.51. The molecule has 3 aliphatic rings. The summed E-state index contributed by atoms with van der Waals surface area (Å²) in [6, 6.07) is 2.40. The monoisotopic (exact) mass is 358 g/mol. The summed E-state index contributed by atoms with van der Waals surface area (Å²) in [6.07, 6.45) is 3.77. The van der Waals surface area contributed by atoms with Gasteiger partial charge in [-0.1, -0.05) is 0 Å². The molecule has 4 rings (SSSR count). The number of carbonyl (C=O) groups excluding carboxylic acids is 2. The largest absolute Gasteiger partial charge is 0.481 e. The summed E-state index contributed by atoms with van der Waals surface area (Å²) < 4.78 is 5.38. The lowest BCUT2D eigenvalue weighted by atomic mass is 10.1. The fraction of sp³-hybridized carbons (Fsp3) is 0.632. The van der Waals surface area contributed by atoms with Crippen LogP contribution in [-0.2, 0) is 17.9 Å². The van der Waals surface area contributed by atoms with Crippen LogP contribution in [0.2, 0.25) is 0 Å². The minimum absolute atomic E-state index is 0.00155. The Morgan fingerprint density at radius 2 is 2.27 bits per heavy atom. The van der Waals surface area contributed by atoms with Crippen LogP contribution in [0, 0.1) is 5.92 Å². The molecule has 1 N–H and O–H groups in total. The number of likely N-dealkylation sites (tertiary alicyclic amines) is 1. The third-order valence-electron chi connectivity index (χ3n) is 5.92. The van der Waals surface area contributed by atoms with Crippen molar-refractivity contribution in [2.24, 2.45) is 5.92 Å². The maximum absolute atomic E-state index is 12.4. The topological polar surface area (TPSA) is 74.8 Å². The molecule has 1 saturated heterocycles. The Morgan fingerprint density at radius 3 is 2.92 bits per heavy atom. The predicted molar refractivity (Wildman–Crippen MR) is 95.8 cm³/mol. The van der Waals surface area contributed by atoms with Gasteiger partial charge in [-0.15, -0.1) is 0 Å². The van der Waals surface area contributed by atoms with Gasteiger partial charge in [0.15, 0.2) is 0 Å². The first-order valence-electron chi connectivity index (χ1n) is 9.45. The number of piperidine rings is 1. The number of hydrogen-bond acceptors (Lipinski definition) is 5. The van der Waals surface area contributed by atoms with E-state index in [0.29, 0.717) is 43.7 Å². The molecule has 3 heterocycles. The van der Waals surface area contributed by atoms with Crippen LogP contribution in [0.5, 0.6) is 5.88 Å². The molecule has 1 aromatic heterocycles. The molecule has 2 fully saturated rings. The fourth-order valence-electron chi connectivity index (χ4n) is 4.52. The Hall–Kier alpha value is -2.15. The minimum Gasteiger partial charge on any atom is -0.481 e. The highest BCUT2D eigenvalue weighted by Crippen LogP contribution is 2.36. The normalized spacial score (nSPS) is 24.2. The lowest BCUT2D eigenvalue weighted by Crippen LogP contribution is -2.41. The lowest BCUT2D eigenvalue weighted by Gasteiger charge is -2.25. The summed E-state index contributed by atoms with van der Waals surface area (Å²) in [7, 11) is 1.56. The second-order valence-corrected chi connectivity index (χ2v) is 7.51. The summed E-state index contributed by atoms with van der Waals surface area (Å²) >= 11 is 0. The highest BCUT2D eigenvalue weighted by atomic mass is 16.5. The van der Waals surface area contributed by atoms with Crippen LogP contribution in [0.15, 0.2) is 6.07 Å². The molecule has 1 aromatic rings. The zero-order valence-corrected chi connectivity index (χ0v) is 15.5. The third-order valence-corrected chi connectivity index (χ3v) is 5.92. The van der Waals surface area contributed by atoms with E-state index in [0.717, 1.165) is 23.7 Å². The Morgan fingerprint density at radius 1 is 1.42 bits per heavy atom. The van der Waals surface area contributed by atoms with Gasteiger partial charge >= 0.3 is 0 Å². The van der Waals surface area contributed by atoms with Gasteiger partial charge in [-0.25, -0.2) is 4.98 Å². The third kappa shape index (κ3) is 3.05. The van der Waals surface area contributed by atoms with Crippen LogP contribution in [0.1, 0.15) is 47.8 Å². The Kier molecular flexibility index (Phi) is 4.56. The number of ether oxygens (including phenoxy) is 1. The highest BCUT2D eigenvalue weighted by Gasteiger charge is 2.38. The standard InChI is InChI=1S/C19H26N4O3/c1-3-22-10-16-15(19(22)25)7-13(18(21-16)26-2)8-20-17(24)11-23-9-12-4-5-14(23)6-12/h7,12,14H,3-6,8-11H2,1-2H3,(H,20,24)/t12-,14+/m1/s1. The van der Waals surface area contributed by atoms with Gasteiger partial charge in [0.05, 0.1) is 31.5 Å². The van der Waals surface area contributed by atoms with E-state index in [1.165, 1.54) is 19.3 Å². The van der Waals surface area contributed by atoms with Crippen molar-refractivity contribution < 1.29 is 14.3 Å². The molecule has 0 spiro atoms. The molecule has 140 valence electrons. The van der Waals surface area contributed by atoms with Crippen LogP contribution in [-0.4, -0.2) is 59.4 Å². The van der Waals surface area contributed by atoms with Crippen molar-refractivity contribution in [1.82, 2.24) is 20.1 Å². The predicted octanol–water partition coefficient (Wildman–Crippen LogP) is 1.17. The van der Waals surface area contributed by atoms with Gasteiger partial charge < -0.3 is 15.0 Å². The zero-order chi connectivity index (χ0) is 18.3. The Bertz CT molecular complexity index is 736. The average molecular weight is 358 g/mol. The van der Waals surface area contributed by atoms with E-state index in [4.69, 9.17) is 4.74 Å². The van der Waals surface area contributed by atoms with Crippen LogP contribution in [0.4, 0.5) is 0 Å². The van der Waals surface area contributed by atoms with Crippen molar-refractivity contribution in [3.8, 4) is 5.88 Å². The molecule has 2 amide bonds. The minimum atomic E-state index is -0.00155. The number of carbonyl (C=O) groups is 2. The van der Waals surface area contributed by atoms with Crippen LogP contribution < -0.4 is 10.1 Å². The molecule has 0 unspecified atom stereocenters. The Balaban J connectivity index is 1.41. The van der Waals surface area contributed by atoms with Gasteiger partial charge in [-0.2, -0.15) is 0 Å². The number of nitrogens with zero attached hydrogens (tertiary/aromatic N) is 3. The van der Waals surface area contributed by atoms with E-state index < -0.39 is 0 Å². The van der Waals surface area contributed by atoms with Gasteiger partial charge in [0.25, 0.3) is 5.91 Å². The molecule has 7 nitrogen and oxygen atoms in total. The quantitative estimate of drug-likeness (QED) is 0.826. The summed E-state index contributed by atoms with van der Waals surface area (Å²) in [5.41, 5.74) is 2.11. The van der Waals surface area contributed by atoms with E-state index in [1.54, 1.807) is 12.0 Å². The van der Waals surface area contributed by atoms with E-state index in [-0.39, 0.29) is 11.8 Å². The molecule has 1 saturated carbocycles. The zero-order valence-electron chi connectivity index (χ0n) is 15.5. The first kappa shape index (κ1) is 17.3. The number of aromatic nitrogens is 1. The molecule has 2 bridgehead atoms. The number of pyridine rings is 1. The molecule has 7 heteroatoms. The van der Waals surface area contributed by atoms with Gasteiger partial charge in [0.2, 0.25) is 11.8 Å². The first-order chi connectivity index (χ1) is 12.6. The second kappa shape index (κ2) is 6.87. The lowest BCUT2D eigenvalue weighted by molar-refractivity contribution is -0.122. The number of nitrogens with one attached hydrogen (secondary N) is 1. The molecule has 26 heavy (non-hydrogen) atoms. The fourth-order valence-corrected chi connectivity index (χ4v) is 4.52. The summed E-state index contributed by atoms with van der Waals surface area (Å²) in [5, 5.41) is 2.97. The molecular weight excluding hydrogens is 332 g/mol. The van der Waals surface area contributed by atoms with Gasteiger partial charge in [-0.3, -0.25) is 14.5 Å². The molecule has 2 aliphatic heterocycles. The number of amides is 2. The van der Waals surface area contributed by atoms with Crippen molar-refractivity contribution in [2.45, 2.75) is 45.3 Å². The van der Waals surface area contributed by atoms with Crippen molar-refractivity contribution in [2.75, 3.05) is 26.7 Å². The average Bonchev–Trinajstić information content (AvgIpc) is 3.34. The van der Waals surface area contributed by atoms with Crippen LogP contribution >= 0.6 is 0 Å².